The minimum Gasteiger partial charge on any atom is -0.348 e. The summed E-state index contributed by atoms with van der Waals surface area (Å²) in [6, 6.07) is 19.1. The molecule has 1 aliphatic carbocycles. The number of aryl methyl sites for hydroxylation is 1. The van der Waals surface area contributed by atoms with Crippen LogP contribution in [0.1, 0.15) is 41.6 Å². The molecule has 0 unspecified atom stereocenters. The molecule has 30 heavy (non-hydrogen) atoms. The van der Waals surface area contributed by atoms with Gasteiger partial charge in [0.25, 0.3) is 10.0 Å². The molecule has 1 aliphatic rings. The Bertz CT molecular complexity index is 1150. The fourth-order valence-electron chi connectivity index (χ4n) is 3.73. The largest absolute Gasteiger partial charge is 0.348 e. The van der Waals surface area contributed by atoms with Gasteiger partial charge in [0.2, 0.25) is 5.91 Å². The molecule has 1 heterocycles. The number of amides is 1. The van der Waals surface area contributed by atoms with Crippen LogP contribution in [0, 0.1) is 0 Å². The van der Waals surface area contributed by atoms with E-state index in [1.54, 1.807) is 30.3 Å². The lowest BCUT2D eigenvalue weighted by Gasteiger charge is -2.28. The number of fused-ring (bicyclic) bond motifs is 1. The Morgan fingerprint density at radius 1 is 1.03 bits per heavy atom. The molecule has 156 valence electrons. The maximum absolute atomic E-state index is 13.3. The van der Waals surface area contributed by atoms with Crippen molar-refractivity contribution >= 4 is 43.2 Å². The number of nitrogens with one attached hydrogen (secondary N) is 2. The molecule has 2 atom stereocenters. The summed E-state index contributed by atoms with van der Waals surface area (Å²) in [5, 5.41) is 3.08. The third kappa shape index (κ3) is 4.67. The van der Waals surface area contributed by atoms with Gasteiger partial charge in [-0.2, -0.15) is 4.72 Å². The van der Waals surface area contributed by atoms with Crippen molar-refractivity contribution in [2.24, 2.45) is 0 Å². The normalized spacial score (nSPS) is 17.2. The van der Waals surface area contributed by atoms with Gasteiger partial charge in [0.05, 0.1) is 9.83 Å². The van der Waals surface area contributed by atoms with E-state index < -0.39 is 16.1 Å². The van der Waals surface area contributed by atoms with Gasteiger partial charge in [-0.3, -0.25) is 4.79 Å². The van der Waals surface area contributed by atoms with E-state index in [1.165, 1.54) is 11.6 Å². The van der Waals surface area contributed by atoms with Gasteiger partial charge in [0, 0.05) is 0 Å². The summed E-state index contributed by atoms with van der Waals surface area (Å²) in [6.07, 6.45) is 2.80. The van der Waals surface area contributed by atoms with Crippen molar-refractivity contribution in [3.05, 3.63) is 87.2 Å². The highest BCUT2D eigenvalue weighted by Crippen LogP contribution is 2.31. The third-order valence-electron chi connectivity index (χ3n) is 5.17. The van der Waals surface area contributed by atoms with Crippen LogP contribution in [0.4, 0.5) is 0 Å². The van der Waals surface area contributed by atoms with Gasteiger partial charge < -0.3 is 5.32 Å². The van der Waals surface area contributed by atoms with Gasteiger partial charge in [-0.1, -0.05) is 54.6 Å². The van der Waals surface area contributed by atoms with Crippen LogP contribution in [-0.2, 0) is 21.2 Å². The Morgan fingerprint density at radius 2 is 1.77 bits per heavy atom. The van der Waals surface area contributed by atoms with E-state index in [1.807, 2.05) is 24.3 Å². The molecule has 0 aliphatic heterocycles. The Kier molecular flexibility index (Phi) is 6.38. The van der Waals surface area contributed by atoms with E-state index in [0.717, 1.165) is 36.2 Å². The summed E-state index contributed by atoms with van der Waals surface area (Å²) in [6.45, 7) is 0. The smallest absolute Gasteiger partial charge is 0.251 e. The second-order valence-electron chi connectivity index (χ2n) is 7.18. The van der Waals surface area contributed by atoms with Crippen molar-refractivity contribution in [3.8, 4) is 0 Å². The van der Waals surface area contributed by atoms with E-state index in [9.17, 15) is 13.2 Å². The van der Waals surface area contributed by atoms with Crippen LogP contribution in [0.2, 0.25) is 0 Å². The van der Waals surface area contributed by atoms with Gasteiger partial charge in [-0.05, 0) is 64.0 Å². The number of rotatable bonds is 6. The van der Waals surface area contributed by atoms with Crippen molar-refractivity contribution in [3.63, 3.8) is 0 Å². The molecule has 2 aromatic carbocycles. The minimum atomic E-state index is -3.86. The van der Waals surface area contributed by atoms with Crippen LogP contribution in [-0.4, -0.2) is 14.3 Å². The molecule has 0 radical (unpaired) electrons. The number of thiophene rings is 1. The van der Waals surface area contributed by atoms with E-state index in [2.05, 4.69) is 32.0 Å². The monoisotopic (exact) mass is 504 g/mol. The number of carbonyl (C=O) groups excluding carboxylic acids is 1. The SMILES string of the molecule is O=C(N[C@@H]1CCCc2ccccc21)[C@@H](NS(=O)(=O)c1ccc(Br)s1)c1ccccc1. The quantitative estimate of drug-likeness (QED) is 0.509. The molecule has 3 aromatic rings. The van der Waals surface area contributed by atoms with E-state index in [4.69, 9.17) is 0 Å². The van der Waals surface area contributed by atoms with Gasteiger partial charge in [-0.15, -0.1) is 11.3 Å². The van der Waals surface area contributed by atoms with Crippen LogP contribution in [0.5, 0.6) is 0 Å². The number of hydrogen-bond acceptors (Lipinski definition) is 4. The fraction of sp³-hybridized carbons (Fsp3) is 0.227. The highest BCUT2D eigenvalue weighted by atomic mass is 79.9. The lowest BCUT2D eigenvalue weighted by molar-refractivity contribution is -0.123. The van der Waals surface area contributed by atoms with Gasteiger partial charge in [-0.25, -0.2) is 8.42 Å². The summed E-state index contributed by atoms with van der Waals surface area (Å²) in [7, 11) is -3.86. The van der Waals surface area contributed by atoms with Gasteiger partial charge >= 0.3 is 0 Å². The topological polar surface area (TPSA) is 75.3 Å². The molecule has 0 saturated heterocycles. The number of hydrogen-bond donors (Lipinski definition) is 2. The van der Waals surface area contributed by atoms with Crippen molar-refractivity contribution in [2.75, 3.05) is 0 Å². The van der Waals surface area contributed by atoms with Crippen LogP contribution in [0.15, 0.2) is 74.7 Å². The lowest BCUT2D eigenvalue weighted by Crippen LogP contribution is -2.42. The van der Waals surface area contributed by atoms with Crippen molar-refractivity contribution in [2.45, 2.75) is 35.6 Å². The van der Waals surface area contributed by atoms with Crippen LogP contribution in [0.3, 0.4) is 0 Å². The van der Waals surface area contributed by atoms with Gasteiger partial charge in [0.1, 0.15) is 10.3 Å². The second kappa shape index (κ2) is 9.01. The highest BCUT2D eigenvalue weighted by molar-refractivity contribution is 9.11. The van der Waals surface area contributed by atoms with Crippen LogP contribution >= 0.6 is 27.3 Å². The zero-order chi connectivity index (χ0) is 21.1. The van der Waals surface area contributed by atoms with E-state index >= 15 is 0 Å². The lowest BCUT2D eigenvalue weighted by atomic mass is 9.87. The van der Waals surface area contributed by atoms with E-state index in [0.29, 0.717) is 9.35 Å². The predicted octanol–water partition coefficient (Wildman–Crippen LogP) is 4.72. The zero-order valence-corrected chi connectivity index (χ0v) is 19.3. The number of sulfonamides is 1. The Labute approximate surface area is 188 Å². The summed E-state index contributed by atoms with van der Waals surface area (Å²) < 4.78 is 29.3. The van der Waals surface area contributed by atoms with Crippen LogP contribution in [0.25, 0.3) is 0 Å². The molecular formula is C22H21BrN2O3S2. The standard InChI is InChI=1S/C22H21BrN2O3S2/c23-19-13-14-20(29-19)30(27,28)25-21(16-8-2-1-3-9-16)22(26)24-18-12-6-10-15-7-4-5-11-17(15)18/h1-5,7-9,11,13-14,18,21,25H,6,10,12H2,(H,24,26)/t18-,21+/m1/s1. The molecule has 1 amide bonds. The maximum atomic E-state index is 13.3. The Hall–Kier alpha value is -2.00. The average Bonchev–Trinajstić information content (AvgIpc) is 3.20. The molecule has 8 heteroatoms. The highest BCUT2D eigenvalue weighted by Gasteiger charge is 2.30. The molecule has 1 aromatic heterocycles. The molecular weight excluding hydrogens is 484 g/mol. The molecule has 2 N–H and O–H groups in total. The molecule has 0 bridgehead atoms. The van der Waals surface area contributed by atoms with Crippen molar-refractivity contribution in [1.82, 2.24) is 10.0 Å². The summed E-state index contributed by atoms with van der Waals surface area (Å²) in [5.41, 5.74) is 2.93. The third-order valence-corrected chi connectivity index (χ3v) is 8.71. The second-order valence-corrected chi connectivity index (χ2v) is 11.6. The first kappa shape index (κ1) is 21.2. The Balaban J connectivity index is 1.61. The number of halogens is 1. The zero-order valence-electron chi connectivity index (χ0n) is 16.0. The molecule has 4 rings (SSSR count). The molecule has 5 nitrogen and oxygen atoms in total. The molecule has 0 saturated carbocycles. The van der Waals surface area contributed by atoms with E-state index in [-0.39, 0.29) is 16.2 Å². The Morgan fingerprint density at radius 3 is 2.50 bits per heavy atom. The van der Waals surface area contributed by atoms with Crippen molar-refractivity contribution in [1.29, 1.82) is 0 Å². The average molecular weight is 505 g/mol. The summed E-state index contributed by atoms with van der Waals surface area (Å²) >= 11 is 4.40. The number of benzene rings is 2. The minimum absolute atomic E-state index is 0.131. The molecule has 0 spiro atoms. The first-order valence-electron chi connectivity index (χ1n) is 9.65. The predicted molar refractivity (Wildman–Crippen MR) is 122 cm³/mol. The van der Waals surface area contributed by atoms with Crippen LogP contribution < -0.4 is 10.0 Å². The first-order valence-corrected chi connectivity index (χ1v) is 12.7. The maximum Gasteiger partial charge on any atom is 0.251 e. The fourth-order valence-corrected chi connectivity index (χ4v) is 6.94. The first-order chi connectivity index (χ1) is 14.4. The number of carbonyl (C=O) groups is 1. The van der Waals surface area contributed by atoms with Crippen molar-refractivity contribution < 1.29 is 13.2 Å². The summed E-state index contributed by atoms with van der Waals surface area (Å²) in [5.74, 6) is -0.359. The van der Waals surface area contributed by atoms with Gasteiger partial charge in [0.15, 0.2) is 0 Å². The summed E-state index contributed by atoms with van der Waals surface area (Å²) in [4.78, 5) is 13.3. The molecule has 0 fully saturated rings.